The lowest BCUT2D eigenvalue weighted by molar-refractivity contribution is 1.08. The maximum absolute atomic E-state index is 5.94. The molecule has 0 aliphatic heterocycles. The second-order valence-corrected chi connectivity index (χ2v) is 6.12. The summed E-state index contributed by atoms with van der Waals surface area (Å²) in [5.41, 5.74) is 0.951. The fourth-order valence-corrected chi connectivity index (χ4v) is 2.71. The summed E-state index contributed by atoms with van der Waals surface area (Å²) in [7, 11) is 0. The number of hydrogen-bond acceptors (Lipinski definition) is 4. The van der Waals surface area contributed by atoms with E-state index in [-0.39, 0.29) is 0 Å². The lowest BCUT2D eigenvalue weighted by Gasteiger charge is -2.11. The maximum Gasteiger partial charge on any atom is 0.224 e. The van der Waals surface area contributed by atoms with Gasteiger partial charge < -0.3 is 10.6 Å². The number of rotatable bonds is 4. The highest BCUT2D eigenvalue weighted by Crippen LogP contribution is 2.28. The van der Waals surface area contributed by atoms with Crippen molar-refractivity contribution in [2.45, 2.75) is 6.92 Å². The third-order valence-electron chi connectivity index (χ3n) is 2.26. The Bertz CT molecular complexity index is 594. The van der Waals surface area contributed by atoms with Gasteiger partial charge in [-0.05, 0) is 63.6 Å². The zero-order valence-electron chi connectivity index (χ0n) is 10.0. The molecule has 2 N–H and O–H groups in total. The number of nitrogens with one attached hydrogen (secondary N) is 2. The molecule has 1 heterocycles. The van der Waals surface area contributed by atoms with Gasteiger partial charge in [0.15, 0.2) is 0 Å². The van der Waals surface area contributed by atoms with Gasteiger partial charge in [-0.1, -0.05) is 11.6 Å². The normalized spacial score (nSPS) is 10.3. The highest BCUT2D eigenvalue weighted by molar-refractivity contribution is 14.1. The molecule has 0 bridgehead atoms. The monoisotopic (exact) mass is 452 g/mol. The van der Waals surface area contributed by atoms with Gasteiger partial charge in [0.2, 0.25) is 5.95 Å². The molecule has 0 fully saturated rings. The number of aromatic nitrogens is 2. The van der Waals surface area contributed by atoms with Crippen LogP contribution in [0.5, 0.6) is 0 Å². The molecular weight excluding hydrogens is 442 g/mol. The summed E-state index contributed by atoms with van der Waals surface area (Å²) >= 11 is 11.6. The topological polar surface area (TPSA) is 49.8 Å². The first-order chi connectivity index (χ1) is 9.10. The molecule has 0 aliphatic carbocycles. The van der Waals surface area contributed by atoms with E-state index in [1.807, 2.05) is 25.1 Å². The number of anilines is 3. The molecule has 0 saturated carbocycles. The van der Waals surface area contributed by atoms with E-state index in [2.05, 4.69) is 59.1 Å². The van der Waals surface area contributed by atoms with Crippen LogP contribution in [-0.2, 0) is 0 Å². The largest absolute Gasteiger partial charge is 0.354 e. The Balaban J connectivity index is 2.29. The molecule has 4 nitrogen and oxygen atoms in total. The van der Waals surface area contributed by atoms with Crippen molar-refractivity contribution in [2.75, 3.05) is 17.2 Å². The molecule has 100 valence electrons. The van der Waals surface area contributed by atoms with Crippen LogP contribution in [-0.4, -0.2) is 16.5 Å². The number of halogens is 3. The molecule has 0 amide bonds. The first-order valence-corrected chi connectivity index (χ1v) is 7.83. The molecule has 2 rings (SSSR count). The predicted molar refractivity (Wildman–Crippen MR) is 91.3 cm³/mol. The predicted octanol–water partition coefficient (Wildman–Crippen LogP) is 4.67. The van der Waals surface area contributed by atoms with Crippen molar-refractivity contribution in [1.82, 2.24) is 9.97 Å². The van der Waals surface area contributed by atoms with Crippen molar-refractivity contribution in [3.05, 3.63) is 37.5 Å². The minimum atomic E-state index is 0.595. The average Bonchev–Trinajstić information content (AvgIpc) is 2.37. The van der Waals surface area contributed by atoms with Gasteiger partial charge in [0.05, 0.1) is 10.2 Å². The summed E-state index contributed by atoms with van der Waals surface area (Å²) in [5.74, 6) is 1.31. The molecule has 0 aliphatic rings. The Morgan fingerprint density at radius 3 is 2.89 bits per heavy atom. The Kier molecular flexibility index (Phi) is 5.23. The van der Waals surface area contributed by atoms with Crippen LogP contribution >= 0.6 is 50.1 Å². The van der Waals surface area contributed by atoms with Crippen LogP contribution in [0.1, 0.15) is 6.92 Å². The maximum atomic E-state index is 5.94. The number of hydrogen-bond donors (Lipinski definition) is 2. The van der Waals surface area contributed by atoms with E-state index in [0.29, 0.717) is 16.8 Å². The van der Waals surface area contributed by atoms with Crippen LogP contribution in [0.3, 0.4) is 0 Å². The second kappa shape index (κ2) is 6.71. The summed E-state index contributed by atoms with van der Waals surface area (Å²) in [6.07, 6.45) is 1.72. The Labute approximate surface area is 138 Å². The molecule has 0 unspecified atom stereocenters. The molecule has 2 aromatic rings. The fourth-order valence-electron chi connectivity index (χ4n) is 1.42. The third kappa shape index (κ3) is 3.93. The van der Waals surface area contributed by atoms with E-state index in [0.717, 1.165) is 20.3 Å². The molecule has 0 atom stereocenters. The van der Waals surface area contributed by atoms with E-state index in [1.54, 1.807) is 6.20 Å². The minimum absolute atomic E-state index is 0.595. The lowest BCUT2D eigenvalue weighted by atomic mass is 10.3. The van der Waals surface area contributed by atoms with Crippen molar-refractivity contribution in [3.8, 4) is 0 Å². The van der Waals surface area contributed by atoms with E-state index in [1.165, 1.54) is 0 Å². The van der Waals surface area contributed by atoms with Gasteiger partial charge in [-0.2, -0.15) is 4.98 Å². The number of nitrogens with zero attached hydrogens (tertiary/aromatic N) is 2. The van der Waals surface area contributed by atoms with Crippen LogP contribution in [0, 0.1) is 3.57 Å². The van der Waals surface area contributed by atoms with Gasteiger partial charge in [-0.25, -0.2) is 4.98 Å². The van der Waals surface area contributed by atoms with Crippen LogP contribution in [0.2, 0.25) is 5.02 Å². The Hall–Kier alpha value is -0.600. The molecule has 0 spiro atoms. The lowest BCUT2D eigenvalue weighted by Crippen LogP contribution is -2.05. The van der Waals surface area contributed by atoms with Crippen LogP contribution < -0.4 is 10.6 Å². The van der Waals surface area contributed by atoms with Gasteiger partial charge in [0.25, 0.3) is 0 Å². The van der Waals surface area contributed by atoms with Crippen molar-refractivity contribution in [2.24, 2.45) is 0 Å². The summed E-state index contributed by atoms with van der Waals surface area (Å²) in [6.45, 7) is 2.78. The van der Waals surface area contributed by atoms with Gasteiger partial charge >= 0.3 is 0 Å². The first kappa shape index (κ1) is 14.8. The second-order valence-electron chi connectivity index (χ2n) is 3.67. The Morgan fingerprint density at radius 1 is 1.42 bits per heavy atom. The quantitative estimate of drug-likeness (QED) is 0.661. The minimum Gasteiger partial charge on any atom is -0.354 e. The standard InChI is InChI=1S/C12H11BrClIN4/c1-2-16-12-17-6-8(13)11(19-12)18-10-4-3-7(14)5-9(10)15/h3-6H,2H2,1H3,(H2,16,17,18,19). The van der Waals surface area contributed by atoms with Crippen molar-refractivity contribution in [1.29, 1.82) is 0 Å². The van der Waals surface area contributed by atoms with Gasteiger partial charge in [0, 0.05) is 21.3 Å². The third-order valence-corrected chi connectivity index (χ3v) is 3.97. The highest BCUT2D eigenvalue weighted by atomic mass is 127. The Morgan fingerprint density at radius 2 is 2.21 bits per heavy atom. The SMILES string of the molecule is CCNc1ncc(Br)c(Nc2ccc(Cl)cc2I)n1. The zero-order chi connectivity index (χ0) is 13.8. The van der Waals surface area contributed by atoms with Crippen LogP contribution in [0.25, 0.3) is 0 Å². The molecule has 1 aromatic carbocycles. The highest BCUT2D eigenvalue weighted by Gasteiger charge is 2.07. The molecule has 7 heteroatoms. The molecule has 1 aromatic heterocycles. The van der Waals surface area contributed by atoms with Gasteiger partial charge in [-0.15, -0.1) is 0 Å². The summed E-state index contributed by atoms with van der Waals surface area (Å²) < 4.78 is 1.83. The van der Waals surface area contributed by atoms with Gasteiger partial charge in [-0.3, -0.25) is 0 Å². The molecule has 0 radical (unpaired) electrons. The van der Waals surface area contributed by atoms with E-state index in [4.69, 9.17) is 11.6 Å². The summed E-state index contributed by atoms with van der Waals surface area (Å²) in [4.78, 5) is 8.58. The van der Waals surface area contributed by atoms with Crippen LogP contribution in [0.4, 0.5) is 17.5 Å². The van der Waals surface area contributed by atoms with Gasteiger partial charge in [0.1, 0.15) is 5.82 Å². The summed E-state index contributed by atoms with van der Waals surface area (Å²) in [5, 5.41) is 7.05. The fraction of sp³-hybridized carbons (Fsp3) is 0.167. The van der Waals surface area contributed by atoms with E-state index < -0.39 is 0 Å². The average molecular weight is 454 g/mol. The zero-order valence-corrected chi connectivity index (χ0v) is 14.5. The van der Waals surface area contributed by atoms with Crippen molar-refractivity contribution in [3.63, 3.8) is 0 Å². The van der Waals surface area contributed by atoms with Crippen molar-refractivity contribution < 1.29 is 0 Å². The first-order valence-electron chi connectivity index (χ1n) is 5.58. The van der Waals surface area contributed by atoms with Crippen molar-refractivity contribution >= 4 is 67.6 Å². The summed E-state index contributed by atoms with van der Waals surface area (Å²) in [6, 6.07) is 5.66. The molecular formula is C12H11BrClIN4. The molecule has 19 heavy (non-hydrogen) atoms. The van der Waals surface area contributed by atoms with Crippen LogP contribution in [0.15, 0.2) is 28.9 Å². The number of benzene rings is 1. The molecule has 0 saturated heterocycles. The van der Waals surface area contributed by atoms with E-state index in [9.17, 15) is 0 Å². The van der Waals surface area contributed by atoms with E-state index >= 15 is 0 Å². The smallest absolute Gasteiger partial charge is 0.224 e.